The average molecular weight is 314 g/mol. The Kier molecular flexibility index (Phi) is 5.03. The molecule has 2 atom stereocenters. The van der Waals surface area contributed by atoms with Gasteiger partial charge in [0, 0.05) is 22.1 Å². The molecular weight excluding hydrogens is 294 g/mol. The molecule has 100 valence electrons. The minimum absolute atomic E-state index is 0.157. The molecule has 0 radical (unpaired) electrons. The number of fused-ring (bicyclic) bond motifs is 1. The molecule has 2 unspecified atom stereocenters. The van der Waals surface area contributed by atoms with Crippen LogP contribution in [0.3, 0.4) is 0 Å². The highest BCUT2D eigenvalue weighted by Gasteiger charge is 2.21. The Labute approximate surface area is 117 Å². The first-order valence-corrected chi connectivity index (χ1v) is 7.33. The van der Waals surface area contributed by atoms with E-state index in [1.54, 1.807) is 0 Å². The van der Waals surface area contributed by atoms with Gasteiger partial charge in [0.2, 0.25) is 0 Å². The van der Waals surface area contributed by atoms with E-state index in [1.807, 2.05) is 12.1 Å². The van der Waals surface area contributed by atoms with E-state index in [2.05, 4.69) is 34.2 Å². The predicted octanol–water partition coefficient (Wildman–Crippen LogP) is 3.02. The Morgan fingerprint density at radius 2 is 2.39 bits per heavy atom. The van der Waals surface area contributed by atoms with Gasteiger partial charge in [-0.25, -0.2) is 0 Å². The number of benzene rings is 1. The summed E-state index contributed by atoms with van der Waals surface area (Å²) in [6, 6.07) is 6.60. The summed E-state index contributed by atoms with van der Waals surface area (Å²) in [6.45, 7) is 3.03. The molecule has 2 N–H and O–H groups in total. The number of halogens is 1. The second-order valence-corrected chi connectivity index (χ2v) is 5.60. The lowest BCUT2D eigenvalue weighted by molar-refractivity contribution is 0.225. The molecule has 2 rings (SSSR count). The van der Waals surface area contributed by atoms with E-state index in [0.717, 1.165) is 36.1 Å². The van der Waals surface area contributed by atoms with Crippen LogP contribution in [0.2, 0.25) is 0 Å². The zero-order valence-corrected chi connectivity index (χ0v) is 12.2. The van der Waals surface area contributed by atoms with Crippen LogP contribution in [0, 0.1) is 0 Å². The quantitative estimate of drug-likeness (QED) is 0.897. The van der Waals surface area contributed by atoms with E-state index in [9.17, 15) is 5.11 Å². The molecule has 0 saturated heterocycles. The zero-order valence-electron chi connectivity index (χ0n) is 10.7. The first-order valence-electron chi connectivity index (χ1n) is 6.53. The standard InChI is InChI=1S/C14H20BrNO2/c1-2-11(9-17)16-13-4-3-7-18-14-8-10(15)5-6-12(13)14/h5-6,8,11,13,16-17H,2-4,7,9H2,1H3. The maximum Gasteiger partial charge on any atom is 0.125 e. The molecule has 0 fully saturated rings. The molecular formula is C14H20BrNO2. The third kappa shape index (κ3) is 3.25. The molecule has 0 aliphatic carbocycles. The molecule has 0 saturated carbocycles. The van der Waals surface area contributed by atoms with Crippen molar-refractivity contribution in [2.75, 3.05) is 13.2 Å². The molecule has 0 bridgehead atoms. The number of hydrogen-bond donors (Lipinski definition) is 2. The van der Waals surface area contributed by atoms with E-state index in [-0.39, 0.29) is 18.7 Å². The van der Waals surface area contributed by atoms with Crippen molar-refractivity contribution >= 4 is 15.9 Å². The lowest BCUT2D eigenvalue weighted by atomic mass is 10.0. The van der Waals surface area contributed by atoms with Crippen molar-refractivity contribution in [1.82, 2.24) is 5.32 Å². The number of hydrogen-bond acceptors (Lipinski definition) is 3. The fraction of sp³-hybridized carbons (Fsp3) is 0.571. The Morgan fingerprint density at radius 3 is 3.11 bits per heavy atom. The van der Waals surface area contributed by atoms with Crippen molar-refractivity contribution in [3.63, 3.8) is 0 Å². The van der Waals surface area contributed by atoms with E-state index < -0.39 is 0 Å². The van der Waals surface area contributed by atoms with Gasteiger partial charge >= 0.3 is 0 Å². The van der Waals surface area contributed by atoms with Gasteiger partial charge in [-0.2, -0.15) is 0 Å². The minimum atomic E-state index is 0.157. The van der Waals surface area contributed by atoms with Crippen LogP contribution < -0.4 is 10.1 Å². The number of aliphatic hydroxyl groups excluding tert-OH is 1. The smallest absolute Gasteiger partial charge is 0.125 e. The Hall–Kier alpha value is -0.580. The predicted molar refractivity (Wildman–Crippen MR) is 75.9 cm³/mol. The highest BCUT2D eigenvalue weighted by atomic mass is 79.9. The fourth-order valence-corrected chi connectivity index (χ4v) is 2.64. The van der Waals surface area contributed by atoms with Crippen molar-refractivity contribution in [2.24, 2.45) is 0 Å². The molecule has 1 aliphatic rings. The zero-order chi connectivity index (χ0) is 13.0. The largest absolute Gasteiger partial charge is 0.493 e. The van der Waals surface area contributed by atoms with Gasteiger partial charge in [-0.15, -0.1) is 0 Å². The maximum absolute atomic E-state index is 9.32. The van der Waals surface area contributed by atoms with Crippen LogP contribution in [-0.2, 0) is 0 Å². The first-order chi connectivity index (χ1) is 8.74. The van der Waals surface area contributed by atoms with Crippen LogP contribution in [0.25, 0.3) is 0 Å². The van der Waals surface area contributed by atoms with Crippen molar-refractivity contribution in [2.45, 2.75) is 38.3 Å². The fourth-order valence-electron chi connectivity index (χ4n) is 2.30. The Bertz CT molecular complexity index is 393. The first kappa shape index (κ1) is 13.8. The number of rotatable bonds is 4. The van der Waals surface area contributed by atoms with Crippen LogP contribution in [0.1, 0.15) is 37.8 Å². The van der Waals surface area contributed by atoms with Gasteiger partial charge in [0.25, 0.3) is 0 Å². The van der Waals surface area contributed by atoms with Gasteiger partial charge in [0.1, 0.15) is 5.75 Å². The molecule has 1 aliphatic heterocycles. The van der Waals surface area contributed by atoms with Crippen molar-refractivity contribution in [3.8, 4) is 5.75 Å². The number of aliphatic hydroxyl groups is 1. The third-order valence-electron chi connectivity index (χ3n) is 3.40. The van der Waals surface area contributed by atoms with Crippen LogP contribution in [0.5, 0.6) is 5.75 Å². The summed E-state index contributed by atoms with van der Waals surface area (Å²) in [7, 11) is 0. The van der Waals surface area contributed by atoms with Gasteiger partial charge in [0.15, 0.2) is 0 Å². The van der Waals surface area contributed by atoms with Crippen molar-refractivity contribution in [3.05, 3.63) is 28.2 Å². The molecule has 1 aromatic rings. The summed E-state index contributed by atoms with van der Waals surface area (Å²) in [5.41, 5.74) is 1.20. The number of nitrogens with one attached hydrogen (secondary N) is 1. The second kappa shape index (κ2) is 6.55. The van der Waals surface area contributed by atoms with Crippen LogP contribution in [0.15, 0.2) is 22.7 Å². The van der Waals surface area contributed by atoms with Crippen LogP contribution >= 0.6 is 15.9 Å². The number of ether oxygens (including phenoxy) is 1. The topological polar surface area (TPSA) is 41.5 Å². The summed E-state index contributed by atoms with van der Waals surface area (Å²) in [4.78, 5) is 0. The van der Waals surface area contributed by atoms with Crippen LogP contribution in [0.4, 0.5) is 0 Å². The molecule has 0 aromatic heterocycles. The lowest BCUT2D eigenvalue weighted by Crippen LogP contribution is -2.35. The van der Waals surface area contributed by atoms with Gasteiger partial charge in [0.05, 0.1) is 13.2 Å². The van der Waals surface area contributed by atoms with Crippen molar-refractivity contribution < 1.29 is 9.84 Å². The average Bonchev–Trinajstić information content (AvgIpc) is 2.57. The van der Waals surface area contributed by atoms with E-state index in [4.69, 9.17) is 4.74 Å². The van der Waals surface area contributed by atoms with Gasteiger partial charge < -0.3 is 15.2 Å². The molecule has 1 heterocycles. The van der Waals surface area contributed by atoms with E-state index >= 15 is 0 Å². The molecule has 4 heteroatoms. The second-order valence-electron chi connectivity index (χ2n) is 4.68. The highest BCUT2D eigenvalue weighted by molar-refractivity contribution is 9.10. The van der Waals surface area contributed by atoms with E-state index in [0.29, 0.717) is 0 Å². The summed E-state index contributed by atoms with van der Waals surface area (Å²) in [6.07, 6.45) is 3.01. The SMILES string of the molecule is CCC(CO)NC1CCCOc2cc(Br)ccc21. The summed E-state index contributed by atoms with van der Waals surface area (Å²) in [5.74, 6) is 0.951. The molecule has 18 heavy (non-hydrogen) atoms. The van der Waals surface area contributed by atoms with Crippen molar-refractivity contribution in [1.29, 1.82) is 0 Å². The van der Waals surface area contributed by atoms with E-state index in [1.165, 1.54) is 5.56 Å². The third-order valence-corrected chi connectivity index (χ3v) is 3.89. The summed E-state index contributed by atoms with van der Waals surface area (Å²) in [5, 5.41) is 12.8. The van der Waals surface area contributed by atoms with Gasteiger partial charge in [-0.1, -0.05) is 28.9 Å². The molecule has 1 aromatic carbocycles. The van der Waals surface area contributed by atoms with Gasteiger partial charge in [-0.3, -0.25) is 0 Å². The normalized spacial score (nSPS) is 20.7. The van der Waals surface area contributed by atoms with Gasteiger partial charge in [-0.05, 0) is 31.4 Å². The monoisotopic (exact) mass is 313 g/mol. The highest BCUT2D eigenvalue weighted by Crippen LogP contribution is 2.34. The molecule has 3 nitrogen and oxygen atoms in total. The molecule has 0 spiro atoms. The molecule has 0 amide bonds. The summed E-state index contributed by atoms with van der Waals surface area (Å²) < 4.78 is 6.81. The minimum Gasteiger partial charge on any atom is -0.493 e. The van der Waals surface area contributed by atoms with Crippen LogP contribution in [-0.4, -0.2) is 24.4 Å². The maximum atomic E-state index is 9.32. The lowest BCUT2D eigenvalue weighted by Gasteiger charge is -2.23. The Balaban J connectivity index is 2.21. The Morgan fingerprint density at radius 1 is 1.56 bits per heavy atom. The summed E-state index contributed by atoms with van der Waals surface area (Å²) >= 11 is 3.47.